The van der Waals surface area contributed by atoms with Gasteiger partial charge in [-0.05, 0) is 45.4 Å². The van der Waals surface area contributed by atoms with Gasteiger partial charge in [0.2, 0.25) is 0 Å². The molecule has 0 saturated heterocycles. The van der Waals surface area contributed by atoms with Crippen molar-refractivity contribution >= 4 is 0 Å². The summed E-state index contributed by atoms with van der Waals surface area (Å²) in [6.45, 7) is 17.5. The molecular weight excluding hydrogens is 182 g/mol. The summed E-state index contributed by atoms with van der Waals surface area (Å²) >= 11 is 0. The Morgan fingerprint density at radius 3 is 2.13 bits per heavy atom. The highest BCUT2D eigenvalue weighted by Crippen LogP contribution is 2.27. The number of hydrogen-bond donors (Lipinski definition) is 1. The van der Waals surface area contributed by atoms with Crippen LogP contribution in [0, 0.1) is 5.41 Å². The van der Waals surface area contributed by atoms with Gasteiger partial charge in [-0.3, -0.25) is 0 Å². The van der Waals surface area contributed by atoms with Crippen LogP contribution in [0.5, 0.6) is 0 Å². The van der Waals surface area contributed by atoms with E-state index in [2.05, 4.69) is 53.4 Å². The van der Waals surface area contributed by atoms with Gasteiger partial charge in [-0.1, -0.05) is 26.8 Å². The molecule has 0 fully saturated rings. The Kier molecular flexibility index (Phi) is 5.58. The number of hydrogen-bond acceptors (Lipinski definition) is 1. The average Bonchev–Trinajstić information content (AvgIpc) is 1.94. The summed E-state index contributed by atoms with van der Waals surface area (Å²) in [5.41, 5.74) is 0.605. The molecule has 0 aliphatic heterocycles. The molecule has 0 amide bonds. The largest absolute Gasteiger partial charge is 0.309 e. The fourth-order valence-electron chi connectivity index (χ4n) is 2.48. The van der Waals surface area contributed by atoms with Gasteiger partial charge in [0.15, 0.2) is 0 Å². The van der Waals surface area contributed by atoms with Crippen LogP contribution in [0.1, 0.15) is 60.8 Å². The van der Waals surface area contributed by atoms with E-state index >= 15 is 0 Å². The van der Waals surface area contributed by atoms with Crippen LogP contribution in [0.2, 0.25) is 0 Å². The second-order valence-corrected chi connectivity index (χ2v) is 6.53. The normalized spacial score (nSPS) is 15.1. The first-order valence-electron chi connectivity index (χ1n) is 6.05. The maximum Gasteiger partial charge on any atom is 0.0132 e. The lowest BCUT2D eigenvalue weighted by atomic mass is 9.81. The van der Waals surface area contributed by atoms with E-state index < -0.39 is 0 Å². The second kappa shape index (κ2) is 5.69. The zero-order valence-corrected chi connectivity index (χ0v) is 11.5. The van der Waals surface area contributed by atoms with Crippen LogP contribution in [0.4, 0.5) is 0 Å². The van der Waals surface area contributed by atoms with Crippen LogP contribution in [0.25, 0.3) is 0 Å². The minimum absolute atomic E-state index is 0.221. The van der Waals surface area contributed by atoms with Crippen molar-refractivity contribution in [2.24, 2.45) is 5.41 Å². The van der Waals surface area contributed by atoms with Gasteiger partial charge < -0.3 is 5.32 Å². The standard InChI is InChI=1S/C14H29N/c1-8-9-10-12(2)15-14(6,7)11-13(3,4)5/h8,12,15H,1,9-11H2,2-7H3. The Balaban J connectivity index is 4.06. The molecule has 0 aromatic heterocycles. The minimum atomic E-state index is 0.221. The van der Waals surface area contributed by atoms with Gasteiger partial charge in [0.05, 0.1) is 0 Å². The molecule has 0 bridgehead atoms. The molecule has 1 atom stereocenters. The molecule has 90 valence electrons. The van der Waals surface area contributed by atoms with Crippen LogP contribution in [-0.4, -0.2) is 11.6 Å². The van der Waals surface area contributed by atoms with Crippen molar-refractivity contribution in [1.29, 1.82) is 0 Å². The van der Waals surface area contributed by atoms with E-state index in [-0.39, 0.29) is 5.54 Å². The SMILES string of the molecule is C=CCCC(C)NC(C)(C)CC(C)(C)C. The Morgan fingerprint density at radius 1 is 1.20 bits per heavy atom. The van der Waals surface area contributed by atoms with Crippen molar-refractivity contribution in [2.75, 3.05) is 0 Å². The molecule has 1 unspecified atom stereocenters. The first-order chi connectivity index (χ1) is 6.66. The summed E-state index contributed by atoms with van der Waals surface area (Å²) < 4.78 is 0. The third kappa shape index (κ3) is 8.68. The summed E-state index contributed by atoms with van der Waals surface area (Å²) in [6.07, 6.45) is 5.46. The molecule has 1 N–H and O–H groups in total. The highest BCUT2D eigenvalue weighted by atomic mass is 15.0. The molecule has 1 nitrogen and oxygen atoms in total. The predicted octanol–water partition coefficient (Wildman–Crippen LogP) is 4.15. The lowest BCUT2D eigenvalue weighted by molar-refractivity contribution is 0.223. The summed E-state index contributed by atoms with van der Waals surface area (Å²) in [5.74, 6) is 0. The maximum absolute atomic E-state index is 3.76. The Hall–Kier alpha value is -0.300. The third-order valence-electron chi connectivity index (χ3n) is 2.41. The molecule has 0 heterocycles. The van der Waals surface area contributed by atoms with Gasteiger partial charge in [-0.2, -0.15) is 0 Å². The number of allylic oxidation sites excluding steroid dienone is 1. The molecular formula is C14H29N. The van der Waals surface area contributed by atoms with E-state index in [0.29, 0.717) is 11.5 Å². The van der Waals surface area contributed by atoms with E-state index in [1.54, 1.807) is 0 Å². The third-order valence-corrected chi connectivity index (χ3v) is 2.41. The molecule has 0 aliphatic carbocycles. The molecule has 0 aliphatic rings. The number of nitrogens with one attached hydrogen (secondary N) is 1. The van der Waals surface area contributed by atoms with Crippen molar-refractivity contribution < 1.29 is 0 Å². The fraction of sp³-hybridized carbons (Fsp3) is 0.857. The van der Waals surface area contributed by atoms with Gasteiger partial charge in [0.1, 0.15) is 0 Å². The minimum Gasteiger partial charge on any atom is -0.309 e. The van der Waals surface area contributed by atoms with Gasteiger partial charge in [0, 0.05) is 11.6 Å². The molecule has 0 aromatic rings. The smallest absolute Gasteiger partial charge is 0.0132 e. The van der Waals surface area contributed by atoms with Crippen LogP contribution in [-0.2, 0) is 0 Å². The van der Waals surface area contributed by atoms with Crippen LogP contribution in [0.15, 0.2) is 12.7 Å². The van der Waals surface area contributed by atoms with E-state index in [1.165, 1.54) is 12.8 Å². The Morgan fingerprint density at radius 2 is 1.73 bits per heavy atom. The van der Waals surface area contributed by atoms with E-state index in [0.717, 1.165) is 6.42 Å². The Bertz CT molecular complexity index is 186. The molecule has 15 heavy (non-hydrogen) atoms. The fourth-order valence-corrected chi connectivity index (χ4v) is 2.48. The molecule has 0 saturated carbocycles. The van der Waals surface area contributed by atoms with Crippen LogP contribution >= 0.6 is 0 Å². The average molecular weight is 211 g/mol. The summed E-state index contributed by atoms with van der Waals surface area (Å²) in [7, 11) is 0. The van der Waals surface area contributed by atoms with Crippen molar-refractivity contribution in [1.82, 2.24) is 5.32 Å². The monoisotopic (exact) mass is 211 g/mol. The zero-order valence-electron chi connectivity index (χ0n) is 11.5. The van der Waals surface area contributed by atoms with Gasteiger partial charge >= 0.3 is 0 Å². The van der Waals surface area contributed by atoms with Crippen molar-refractivity contribution in [2.45, 2.75) is 72.4 Å². The van der Waals surface area contributed by atoms with Gasteiger partial charge in [-0.25, -0.2) is 0 Å². The van der Waals surface area contributed by atoms with Crippen LogP contribution < -0.4 is 5.32 Å². The summed E-state index contributed by atoms with van der Waals surface area (Å²) in [6, 6.07) is 0.570. The summed E-state index contributed by atoms with van der Waals surface area (Å²) in [4.78, 5) is 0. The molecule has 0 spiro atoms. The van der Waals surface area contributed by atoms with Gasteiger partial charge in [-0.15, -0.1) is 6.58 Å². The molecule has 0 aromatic carbocycles. The zero-order chi connectivity index (χ0) is 12.1. The molecule has 0 rings (SSSR count). The van der Waals surface area contributed by atoms with E-state index in [1.807, 2.05) is 6.08 Å². The number of rotatable bonds is 6. The Labute approximate surface area is 96.3 Å². The molecule has 1 heteroatoms. The maximum atomic E-state index is 3.76. The van der Waals surface area contributed by atoms with Crippen LogP contribution in [0.3, 0.4) is 0 Å². The first-order valence-corrected chi connectivity index (χ1v) is 6.05. The second-order valence-electron chi connectivity index (χ2n) is 6.53. The van der Waals surface area contributed by atoms with E-state index in [9.17, 15) is 0 Å². The van der Waals surface area contributed by atoms with Crippen molar-refractivity contribution in [3.05, 3.63) is 12.7 Å². The lowest BCUT2D eigenvalue weighted by Crippen LogP contribution is -2.46. The summed E-state index contributed by atoms with van der Waals surface area (Å²) in [5, 5.41) is 3.70. The first kappa shape index (κ1) is 14.7. The van der Waals surface area contributed by atoms with E-state index in [4.69, 9.17) is 0 Å². The predicted molar refractivity (Wildman–Crippen MR) is 70.2 cm³/mol. The quantitative estimate of drug-likeness (QED) is 0.651. The van der Waals surface area contributed by atoms with Gasteiger partial charge in [0.25, 0.3) is 0 Å². The highest BCUT2D eigenvalue weighted by Gasteiger charge is 2.26. The van der Waals surface area contributed by atoms with Crippen molar-refractivity contribution in [3.63, 3.8) is 0 Å². The lowest BCUT2D eigenvalue weighted by Gasteiger charge is -2.36. The molecule has 0 radical (unpaired) electrons. The van der Waals surface area contributed by atoms with Crippen molar-refractivity contribution in [3.8, 4) is 0 Å². The highest BCUT2D eigenvalue weighted by molar-refractivity contribution is 4.86. The topological polar surface area (TPSA) is 12.0 Å².